The second kappa shape index (κ2) is 6.56. The van der Waals surface area contributed by atoms with Gasteiger partial charge >= 0.3 is 0 Å². The fourth-order valence-electron chi connectivity index (χ4n) is 0.464. The lowest BCUT2D eigenvalue weighted by Crippen LogP contribution is -1.78. The summed E-state index contributed by atoms with van der Waals surface area (Å²) < 4.78 is 0. The third-order valence-electron chi connectivity index (χ3n) is 1.04. The number of nitrogens with zero attached hydrogens (tertiary/aromatic N) is 1. The predicted molar refractivity (Wildman–Crippen MR) is 47.8 cm³/mol. The van der Waals surface area contributed by atoms with Gasteiger partial charge in [0.05, 0.1) is 0 Å². The molecule has 0 fully saturated rings. The van der Waals surface area contributed by atoms with Crippen molar-refractivity contribution in [2.45, 2.75) is 13.3 Å². The first-order valence-corrected chi connectivity index (χ1v) is 3.70. The Morgan fingerprint density at radius 2 is 2.40 bits per heavy atom. The van der Waals surface area contributed by atoms with Gasteiger partial charge in [0.1, 0.15) is 0 Å². The van der Waals surface area contributed by atoms with Crippen molar-refractivity contribution >= 4 is 17.8 Å². The Hall–Kier alpha value is -0.560. The van der Waals surface area contributed by atoms with E-state index >= 15 is 0 Å². The van der Waals surface area contributed by atoms with Crippen LogP contribution in [0.1, 0.15) is 13.3 Å². The van der Waals surface area contributed by atoms with Crippen LogP contribution in [0.5, 0.6) is 0 Å². The molecule has 0 spiro atoms. The molecule has 0 heterocycles. The topological polar surface area (TPSA) is 12.4 Å². The van der Waals surface area contributed by atoms with Crippen LogP contribution in [-0.4, -0.2) is 12.1 Å². The predicted octanol–water partition coefficient (Wildman–Crippen LogP) is 2.78. The molecule has 0 saturated carbocycles. The quantitative estimate of drug-likeness (QED) is 0.440. The van der Waals surface area contributed by atoms with E-state index in [0.29, 0.717) is 5.88 Å². The SMILES string of the molecule is C=CN=C/C=C(/C)CCCl. The van der Waals surface area contributed by atoms with E-state index in [4.69, 9.17) is 11.6 Å². The number of rotatable bonds is 4. The zero-order chi connectivity index (χ0) is 7.82. The maximum atomic E-state index is 5.50. The van der Waals surface area contributed by atoms with E-state index in [9.17, 15) is 0 Å². The van der Waals surface area contributed by atoms with Crippen LogP contribution in [0, 0.1) is 0 Å². The molecule has 56 valence electrons. The van der Waals surface area contributed by atoms with E-state index in [1.807, 2.05) is 13.0 Å². The fraction of sp³-hybridized carbons (Fsp3) is 0.375. The first kappa shape index (κ1) is 9.44. The molecular weight excluding hydrogens is 146 g/mol. The average Bonchev–Trinajstić information content (AvgIpc) is 1.89. The molecule has 0 aliphatic carbocycles. The van der Waals surface area contributed by atoms with E-state index in [2.05, 4.69) is 11.6 Å². The molecule has 0 aliphatic heterocycles. The second-order valence-electron chi connectivity index (χ2n) is 1.93. The zero-order valence-corrected chi connectivity index (χ0v) is 6.93. The van der Waals surface area contributed by atoms with E-state index < -0.39 is 0 Å². The fourth-order valence-corrected chi connectivity index (χ4v) is 0.762. The Balaban J connectivity index is 3.67. The summed E-state index contributed by atoms with van der Waals surface area (Å²) in [6.07, 6.45) is 6.08. The van der Waals surface area contributed by atoms with Crippen LogP contribution in [0.2, 0.25) is 0 Å². The Kier molecular flexibility index (Phi) is 6.19. The minimum absolute atomic E-state index is 0.671. The molecule has 10 heavy (non-hydrogen) atoms. The Labute approximate surface area is 67.1 Å². The highest BCUT2D eigenvalue weighted by Gasteiger charge is 1.83. The molecule has 0 N–H and O–H groups in total. The minimum Gasteiger partial charge on any atom is -0.265 e. The van der Waals surface area contributed by atoms with Gasteiger partial charge in [-0.15, -0.1) is 11.6 Å². The van der Waals surface area contributed by atoms with Crippen molar-refractivity contribution in [2.75, 3.05) is 5.88 Å². The van der Waals surface area contributed by atoms with E-state index in [1.165, 1.54) is 11.8 Å². The molecular formula is C8H12ClN. The Morgan fingerprint density at radius 3 is 2.90 bits per heavy atom. The van der Waals surface area contributed by atoms with Crippen molar-refractivity contribution in [3.05, 3.63) is 24.4 Å². The maximum Gasteiger partial charge on any atom is 0.0266 e. The first-order chi connectivity index (χ1) is 4.81. The van der Waals surface area contributed by atoms with Crippen LogP contribution in [0.25, 0.3) is 0 Å². The van der Waals surface area contributed by atoms with Crippen LogP contribution in [0.3, 0.4) is 0 Å². The van der Waals surface area contributed by atoms with Crippen molar-refractivity contribution < 1.29 is 0 Å². The molecule has 0 aromatic heterocycles. The highest BCUT2D eigenvalue weighted by molar-refractivity contribution is 6.18. The smallest absolute Gasteiger partial charge is 0.0266 e. The van der Waals surface area contributed by atoms with Gasteiger partial charge in [-0.25, -0.2) is 0 Å². The summed E-state index contributed by atoms with van der Waals surface area (Å²) in [6, 6.07) is 0. The summed E-state index contributed by atoms with van der Waals surface area (Å²) in [5.74, 6) is 0.671. The first-order valence-electron chi connectivity index (χ1n) is 3.17. The van der Waals surface area contributed by atoms with Crippen molar-refractivity contribution in [2.24, 2.45) is 4.99 Å². The van der Waals surface area contributed by atoms with Gasteiger partial charge in [0, 0.05) is 18.3 Å². The lowest BCUT2D eigenvalue weighted by atomic mass is 10.2. The van der Waals surface area contributed by atoms with Crippen LogP contribution < -0.4 is 0 Å². The average molecular weight is 158 g/mol. The van der Waals surface area contributed by atoms with Crippen molar-refractivity contribution in [1.82, 2.24) is 0 Å². The van der Waals surface area contributed by atoms with Crippen LogP contribution in [-0.2, 0) is 0 Å². The molecule has 0 radical (unpaired) electrons. The molecule has 0 bridgehead atoms. The molecule has 0 unspecified atom stereocenters. The van der Waals surface area contributed by atoms with Gasteiger partial charge in [-0.2, -0.15) is 0 Å². The lowest BCUT2D eigenvalue weighted by Gasteiger charge is -1.90. The lowest BCUT2D eigenvalue weighted by molar-refractivity contribution is 1.11. The second-order valence-corrected chi connectivity index (χ2v) is 2.31. The largest absolute Gasteiger partial charge is 0.265 e. The van der Waals surface area contributed by atoms with E-state index in [-0.39, 0.29) is 0 Å². The maximum absolute atomic E-state index is 5.50. The van der Waals surface area contributed by atoms with E-state index in [0.717, 1.165) is 6.42 Å². The standard InChI is InChI=1S/C8H12ClN/c1-3-10-7-5-8(2)4-6-9/h3,5,7H,1,4,6H2,2H3/b8-5-,10-7?. The normalized spacial score (nSPS) is 12.4. The number of hydrogen-bond acceptors (Lipinski definition) is 1. The molecule has 0 amide bonds. The van der Waals surface area contributed by atoms with Crippen LogP contribution in [0.4, 0.5) is 0 Å². The summed E-state index contributed by atoms with van der Waals surface area (Å²) in [6.45, 7) is 5.48. The summed E-state index contributed by atoms with van der Waals surface area (Å²) in [5.41, 5.74) is 1.24. The van der Waals surface area contributed by atoms with Gasteiger partial charge in [0.25, 0.3) is 0 Å². The molecule has 1 nitrogen and oxygen atoms in total. The number of hydrogen-bond donors (Lipinski definition) is 0. The molecule has 0 atom stereocenters. The molecule has 0 aromatic rings. The van der Waals surface area contributed by atoms with Gasteiger partial charge in [0.2, 0.25) is 0 Å². The van der Waals surface area contributed by atoms with Crippen molar-refractivity contribution in [1.29, 1.82) is 0 Å². The van der Waals surface area contributed by atoms with Gasteiger partial charge in [0.15, 0.2) is 0 Å². The molecule has 0 aromatic carbocycles. The zero-order valence-electron chi connectivity index (χ0n) is 6.18. The molecule has 0 rings (SSSR count). The highest BCUT2D eigenvalue weighted by Crippen LogP contribution is 1.98. The summed E-state index contributed by atoms with van der Waals surface area (Å²) in [4.78, 5) is 3.81. The number of aliphatic imine (C=N–C) groups is 1. The van der Waals surface area contributed by atoms with Crippen molar-refractivity contribution in [3.8, 4) is 0 Å². The Morgan fingerprint density at radius 1 is 1.70 bits per heavy atom. The van der Waals surface area contributed by atoms with Gasteiger partial charge in [-0.05, 0) is 19.4 Å². The van der Waals surface area contributed by atoms with Crippen LogP contribution >= 0.6 is 11.6 Å². The highest BCUT2D eigenvalue weighted by atomic mass is 35.5. The number of allylic oxidation sites excluding steroid dienone is 2. The van der Waals surface area contributed by atoms with Crippen LogP contribution in [0.15, 0.2) is 29.4 Å². The Bertz CT molecular complexity index is 147. The third kappa shape index (κ3) is 5.57. The number of alkyl halides is 1. The van der Waals surface area contributed by atoms with Gasteiger partial charge < -0.3 is 0 Å². The summed E-state index contributed by atoms with van der Waals surface area (Å²) in [5, 5.41) is 0. The van der Waals surface area contributed by atoms with Crippen molar-refractivity contribution in [3.63, 3.8) is 0 Å². The molecule has 0 aliphatic rings. The summed E-state index contributed by atoms with van der Waals surface area (Å²) in [7, 11) is 0. The molecule has 0 saturated heterocycles. The summed E-state index contributed by atoms with van der Waals surface area (Å²) >= 11 is 5.50. The van der Waals surface area contributed by atoms with Gasteiger partial charge in [-0.3, -0.25) is 4.99 Å². The molecule has 2 heteroatoms. The minimum atomic E-state index is 0.671. The van der Waals surface area contributed by atoms with Gasteiger partial charge in [-0.1, -0.05) is 12.2 Å². The number of halogens is 1. The monoisotopic (exact) mass is 157 g/mol. The van der Waals surface area contributed by atoms with E-state index in [1.54, 1.807) is 6.21 Å². The third-order valence-corrected chi connectivity index (χ3v) is 1.23.